The fourth-order valence-corrected chi connectivity index (χ4v) is 4.61. The molecule has 4 rings (SSSR count). The molecular formula is C27H27F6N3O. The van der Waals surface area contributed by atoms with E-state index in [0.29, 0.717) is 32.7 Å². The van der Waals surface area contributed by atoms with Gasteiger partial charge in [0, 0.05) is 45.3 Å². The van der Waals surface area contributed by atoms with Crippen molar-refractivity contribution in [2.75, 3.05) is 37.6 Å². The molecule has 3 aromatic rings. The molecule has 1 saturated heterocycles. The maximum Gasteiger partial charge on any atom is 0.416 e. The van der Waals surface area contributed by atoms with E-state index in [9.17, 15) is 31.4 Å². The number of para-hydroxylation sites is 2. The van der Waals surface area contributed by atoms with Crippen LogP contribution in [0.2, 0.25) is 0 Å². The molecule has 1 aliphatic heterocycles. The Bertz CT molecular complexity index is 1140. The highest BCUT2D eigenvalue weighted by Crippen LogP contribution is 2.36. The molecule has 3 aromatic carbocycles. The summed E-state index contributed by atoms with van der Waals surface area (Å²) in [5.41, 5.74) is -0.982. The van der Waals surface area contributed by atoms with Crippen molar-refractivity contribution in [1.29, 1.82) is 0 Å². The number of aromatic hydroxyl groups is 1. The van der Waals surface area contributed by atoms with Gasteiger partial charge in [0.05, 0.1) is 16.8 Å². The Hall–Kier alpha value is -3.24. The fourth-order valence-electron chi connectivity index (χ4n) is 4.61. The first kappa shape index (κ1) is 26.8. The molecule has 1 unspecified atom stereocenters. The van der Waals surface area contributed by atoms with Crippen LogP contribution in [-0.4, -0.2) is 42.7 Å². The molecule has 4 nitrogen and oxygen atoms in total. The van der Waals surface area contributed by atoms with Crippen molar-refractivity contribution in [3.05, 3.63) is 95.1 Å². The zero-order chi connectivity index (χ0) is 26.6. The highest BCUT2D eigenvalue weighted by Gasteiger charge is 2.37. The standard InChI is InChI=1S/C27H27F6N3O/c28-26(29,30)21-14-19(15-22(16-21)27(31,32)33)17-34-18-24(20-6-2-1-3-7-20)36-12-10-35(11-13-36)23-8-4-5-9-25(23)37/h1-9,14-16,24,34,37H,10-13,17-18H2. The van der Waals surface area contributed by atoms with E-state index in [1.54, 1.807) is 12.1 Å². The first-order chi connectivity index (χ1) is 17.5. The molecule has 198 valence electrons. The number of phenols is 1. The summed E-state index contributed by atoms with van der Waals surface area (Å²) in [6, 6.07) is 18.2. The predicted octanol–water partition coefficient (Wildman–Crippen LogP) is 6.08. The summed E-state index contributed by atoms with van der Waals surface area (Å²) in [4.78, 5) is 4.31. The SMILES string of the molecule is Oc1ccccc1N1CCN(C(CNCc2cc(C(F)(F)F)cc(C(F)(F)F)c2)c2ccccc2)CC1. The van der Waals surface area contributed by atoms with Gasteiger partial charge in [-0.15, -0.1) is 0 Å². The van der Waals surface area contributed by atoms with Gasteiger partial charge in [0.1, 0.15) is 5.75 Å². The van der Waals surface area contributed by atoms with E-state index in [4.69, 9.17) is 0 Å². The number of benzene rings is 3. The van der Waals surface area contributed by atoms with Crippen LogP contribution in [0.25, 0.3) is 0 Å². The van der Waals surface area contributed by atoms with Gasteiger partial charge in [-0.05, 0) is 41.5 Å². The third-order valence-corrected chi connectivity index (χ3v) is 6.48. The number of halogens is 6. The van der Waals surface area contributed by atoms with Gasteiger partial charge in [-0.3, -0.25) is 4.90 Å². The number of phenolic OH excluding ortho intramolecular Hbond substituents is 1. The Labute approximate surface area is 211 Å². The molecule has 37 heavy (non-hydrogen) atoms. The minimum atomic E-state index is -4.88. The predicted molar refractivity (Wildman–Crippen MR) is 129 cm³/mol. The maximum absolute atomic E-state index is 13.2. The van der Waals surface area contributed by atoms with Crippen LogP contribution in [-0.2, 0) is 18.9 Å². The Morgan fingerprint density at radius 3 is 1.89 bits per heavy atom. The Morgan fingerprint density at radius 2 is 1.32 bits per heavy atom. The van der Waals surface area contributed by atoms with Crippen molar-refractivity contribution in [3.63, 3.8) is 0 Å². The van der Waals surface area contributed by atoms with Crippen molar-refractivity contribution in [2.45, 2.75) is 24.9 Å². The number of piperazine rings is 1. The molecule has 0 spiro atoms. The summed E-state index contributed by atoms with van der Waals surface area (Å²) in [6.07, 6.45) is -9.76. The second-order valence-electron chi connectivity index (χ2n) is 8.98. The number of hydrogen-bond acceptors (Lipinski definition) is 4. The van der Waals surface area contributed by atoms with Crippen LogP contribution in [0.1, 0.15) is 28.3 Å². The average Bonchev–Trinajstić information content (AvgIpc) is 2.86. The lowest BCUT2D eigenvalue weighted by atomic mass is 10.0. The van der Waals surface area contributed by atoms with Crippen molar-refractivity contribution >= 4 is 5.69 Å². The molecule has 0 bridgehead atoms. The first-order valence-corrected chi connectivity index (χ1v) is 11.8. The van der Waals surface area contributed by atoms with Gasteiger partial charge in [-0.25, -0.2) is 0 Å². The summed E-state index contributed by atoms with van der Waals surface area (Å²) >= 11 is 0. The van der Waals surface area contributed by atoms with Gasteiger partial charge in [-0.1, -0.05) is 42.5 Å². The monoisotopic (exact) mass is 523 g/mol. The van der Waals surface area contributed by atoms with E-state index < -0.39 is 23.5 Å². The van der Waals surface area contributed by atoms with Crippen molar-refractivity contribution in [1.82, 2.24) is 10.2 Å². The molecule has 1 atom stereocenters. The zero-order valence-corrected chi connectivity index (χ0v) is 19.9. The van der Waals surface area contributed by atoms with E-state index in [1.807, 2.05) is 42.5 Å². The topological polar surface area (TPSA) is 38.7 Å². The maximum atomic E-state index is 13.2. The smallest absolute Gasteiger partial charge is 0.416 e. The summed E-state index contributed by atoms with van der Waals surface area (Å²) in [7, 11) is 0. The summed E-state index contributed by atoms with van der Waals surface area (Å²) in [5, 5.41) is 13.3. The lowest BCUT2D eigenvalue weighted by Crippen LogP contribution is -2.49. The third-order valence-electron chi connectivity index (χ3n) is 6.48. The van der Waals surface area contributed by atoms with Crippen LogP contribution >= 0.6 is 0 Å². The van der Waals surface area contributed by atoms with E-state index in [2.05, 4.69) is 15.1 Å². The van der Waals surface area contributed by atoms with E-state index in [-0.39, 0.29) is 30.0 Å². The van der Waals surface area contributed by atoms with Crippen LogP contribution in [0.15, 0.2) is 72.8 Å². The molecule has 0 saturated carbocycles. The van der Waals surface area contributed by atoms with E-state index in [0.717, 1.165) is 23.4 Å². The van der Waals surface area contributed by atoms with Crippen LogP contribution in [0.4, 0.5) is 32.0 Å². The van der Waals surface area contributed by atoms with Crippen LogP contribution in [0.3, 0.4) is 0 Å². The van der Waals surface area contributed by atoms with Gasteiger partial charge in [0.15, 0.2) is 0 Å². The quantitative estimate of drug-likeness (QED) is 0.368. The van der Waals surface area contributed by atoms with Crippen LogP contribution in [0.5, 0.6) is 5.75 Å². The third kappa shape index (κ3) is 6.75. The number of hydrogen-bond donors (Lipinski definition) is 2. The van der Waals surface area contributed by atoms with Crippen LogP contribution < -0.4 is 10.2 Å². The number of nitrogens with one attached hydrogen (secondary N) is 1. The fraction of sp³-hybridized carbons (Fsp3) is 0.333. The Balaban J connectivity index is 1.47. The molecule has 1 heterocycles. The minimum Gasteiger partial charge on any atom is -0.506 e. The molecule has 0 aromatic heterocycles. The summed E-state index contributed by atoms with van der Waals surface area (Å²) < 4.78 is 79.3. The van der Waals surface area contributed by atoms with Crippen molar-refractivity contribution in [3.8, 4) is 5.75 Å². The number of rotatable bonds is 7. The van der Waals surface area contributed by atoms with Gasteiger partial charge >= 0.3 is 12.4 Å². The second kappa shape index (κ2) is 11.0. The molecule has 1 aliphatic rings. The second-order valence-corrected chi connectivity index (χ2v) is 8.98. The highest BCUT2D eigenvalue weighted by molar-refractivity contribution is 5.57. The molecule has 0 radical (unpaired) electrons. The summed E-state index contributed by atoms with van der Waals surface area (Å²) in [5.74, 6) is 0.205. The van der Waals surface area contributed by atoms with Gasteiger partial charge in [-0.2, -0.15) is 26.3 Å². The lowest BCUT2D eigenvalue weighted by molar-refractivity contribution is -0.143. The molecule has 10 heteroatoms. The normalized spacial score (nSPS) is 16.1. The zero-order valence-electron chi connectivity index (χ0n) is 19.9. The minimum absolute atomic E-state index is 0.0849. The van der Waals surface area contributed by atoms with Gasteiger partial charge in [0.25, 0.3) is 0 Å². The first-order valence-electron chi connectivity index (χ1n) is 11.8. The Kier molecular flexibility index (Phi) is 7.99. The lowest BCUT2D eigenvalue weighted by Gasteiger charge is -2.40. The Morgan fingerprint density at radius 1 is 0.757 bits per heavy atom. The largest absolute Gasteiger partial charge is 0.506 e. The number of anilines is 1. The molecule has 0 aliphatic carbocycles. The van der Waals surface area contributed by atoms with E-state index in [1.165, 1.54) is 0 Å². The molecule has 0 amide bonds. The molecule has 1 fully saturated rings. The van der Waals surface area contributed by atoms with Crippen LogP contribution in [0, 0.1) is 0 Å². The highest BCUT2D eigenvalue weighted by atomic mass is 19.4. The average molecular weight is 524 g/mol. The van der Waals surface area contributed by atoms with Gasteiger partial charge < -0.3 is 15.3 Å². The van der Waals surface area contributed by atoms with Crippen molar-refractivity contribution < 1.29 is 31.4 Å². The van der Waals surface area contributed by atoms with E-state index >= 15 is 0 Å². The number of nitrogens with zero attached hydrogens (tertiary/aromatic N) is 2. The number of alkyl halides is 6. The summed E-state index contributed by atoms with van der Waals surface area (Å²) in [6.45, 7) is 2.83. The van der Waals surface area contributed by atoms with Crippen molar-refractivity contribution in [2.24, 2.45) is 0 Å². The molecular weight excluding hydrogens is 496 g/mol. The molecule has 2 N–H and O–H groups in total. The van der Waals surface area contributed by atoms with Gasteiger partial charge in [0.2, 0.25) is 0 Å².